The predicted octanol–water partition coefficient (Wildman–Crippen LogP) is 0.194. The van der Waals surface area contributed by atoms with Gasteiger partial charge in [0, 0.05) is 6.54 Å². The van der Waals surface area contributed by atoms with E-state index >= 15 is 0 Å². The van der Waals surface area contributed by atoms with Crippen LogP contribution in [0.1, 0.15) is 38.5 Å². The summed E-state index contributed by atoms with van der Waals surface area (Å²) in [4.78, 5) is 32.9. The Bertz CT molecular complexity index is 340. The molecule has 1 unspecified atom stereocenters. The highest BCUT2D eigenvalue weighted by molar-refractivity contribution is 5.87. The van der Waals surface area contributed by atoms with Gasteiger partial charge in [0.1, 0.15) is 6.04 Å². The average molecular weight is 271 g/mol. The van der Waals surface area contributed by atoms with Gasteiger partial charge in [0.25, 0.3) is 0 Å². The van der Waals surface area contributed by atoms with Crippen LogP contribution in [0.5, 0.6) is 0 Å². The van der Waals surface area contributed by atoms with Gasteiger partial charge < -0.3 is 21.5 Å². The Morgan fingerprint density at radius 2 is 1.89 bits per heavy atom. The molecule has 5 N–H and O–H groups in total. The van der Waals surface area contributed by atoms with Crippen molar-refractivity contribution in [3.05, 3.63) is 0 Å². The van der Waals surface area contributed by atoms with E-state index in [4.69, 9.17) is 10.8 Å². The molecule has 0 aliphatic heterocycles. The number of aliphatic carboxylic acids is 1. The molecule has 0 heterocycles. The number of carboxylic acid groups (broad SMARTS) is 1. The van der Waals surface area contributed by atoms with Crippen LogP contribution in [0.3, 0.4) is 0 Å². The molecule has 1 atom stereocenters. The van der Waals surface area contributed by atoms with Crippen molar-refractivity contribution in [2.45, 2.75) is 44.6 Å². The maximum absolute atomic E-state index is 11.5. The maximum Gasteiger partial charge on any atom is 0.326 e. The summed E-state index contributed by atoms with van der Waals surface area (Å²) in [5.41, 5.74) is 4.92. The lowest BCUT2D eigenvalue weighted by atomic mass is 10.0. The average Bonchev–Trinajstić information content (AvgIpc) is 2.80. The van der Waals surface area contributed by atoms with E-state index < -0.39 is 30.4 Å². The number of carboxylic acids is 1. The molecule has 0 radical (unpaired) electrons. The second-order valence-electron chi connectivity index (χ2n) is 4.90. The summed E-state index contributed by atoms with van der Waals surface area (Å²) < 4.78 is 0. The van der Waals surface area contributed by atoms with Crippen molar-refractivity contribution >= 4 is 17.9 Å². The molecule has 1 aliphatic rings. The fourth-order valence-corrected chi connectivity index (χ4v) is 2.30. The van der Waals surface area contributed by atoms with Crippen LogP contribution in [0.2, 0.25) is 0 Å². The molecule has 19 heavy (non-hydrogen) atoms. The summed E-state index contributed by atoms with van der Waals surface area (Å²) in [7, 11) is 0. The van der Waals surface area contributed by atoms with Gasteiger partial charge in [-0.2, -0.15) is 0 Å². The summed E-state index contributed by atoms with van der Waals surface area (Å²) in [6.45, 7) is 0.513. The summed E-state index contributed by atoms with van der Waals surface area (Å²) in [5.74, 6) is -1.38. The molecule has 0 saturated heterocycles. The first kappa shape index (κ1) is 15.3. The second kappa shape index (κ2) is 7.60. The van der Waals surface area contributed by atoms with E-state index in [0.717, 1.165) is 6.42 Å². The molecule has 1 fully saturated rings. The van der Waals surface area contributed by atoms with E-state index in [9.17, 15) is 14.4 Å². The number of hydrogen-bond donors (Lipinski definition) is 4. The maximum atomic E-state index is 11.5. The monoisotopic (exact) mass is 271 g/mol. The van der Waals surface area contributed by atoms with Crippen LogP contribution >= 0.6 is 0 Å². The minimum Gasteiger partial charge on any atom is -0.480 e. The molecule has 3 amide bonds. The standard InChI is InChI=1S/C12H21N3O4/c13-10(16)7-9(11(17)18)15-12(19)14-6-5-8-3-1-2-4-8/h8-9H,1-7H2,(H2,13,16)(H,17,18)(H2,14,15,19). The number of rotatable bonds is 7. The lowest BCUT2D eigenvalue weighted by molar-refractivity contribution is -0.140. The molecule has 0 spiro atoms. The molecule has 7 nitrogen and oxygen atoms in total. The molecule has 1 aliphatic carbocycles. The Hall–Kier alpha value is -1.79. The fourth-order valence-electron chi connectivity index (χ4n) is 2.30. The topological polar surface area (TPSA) is 122 Å². The minimum atomic E-state index is -1.27. The largest absolute Gasteiger partial charge is 0.480 e. The molecule has 1 saturated carbocycles. The second-order valence-corrected chi connectivity index (χ2v) is 4.90. The summed E-state index contributed by atoms with van der Waals surface area (Å²) in [6.07, 6.45) is 5.38. The number of urea groups is 1. The Labute approximate surface area is 111 Å². The molecular weight excluding hydrogens is 250 g/mol. The number of nitrogens with one attached hydrogen (secondary N) is 2. The van der Waals surface area contributed by atoms with Crippen molar-refractivity contribution < 1.29 is 19.5 Å². The van der Waals surface area contributed by atoms with E-state index in [1.54, 1.807) is 0 Å². The van der Waals surface area contributed by atoms with Gasteiger partial charge in [0.05, 0.1) is 6.42 Å². The Balaban J connectivity index is 2.23. The molecular formula is C12H21N3O4. The van der Waals surface area contributed by atoms with Crippen LogP contribution in [-0.2, 0) is 9.59 Å². The van der Waals surface area contributed by atoms with Crippen LogP contribution in [0.4, 0.5) is 4.79 Å². The zero-order valence-electron chi connectivity index (χ0n) is 10.9. The third-order valence-corrected chi connectivity index (χ3v) is 3.32. The Morgan fingerprint density at radius 3 is 2.42 bits per heavy atom. The van der Waals surface area contributed by atoms with E-state index in [1.807, 2.05) is 0 Å². The first-order chi connectivity index (χ1) is 8.99. The van der Waals surface area contributed by atoms with E-state index in [-0.39, 0.29) is 0 Å². The number of hydrogen-bond acceptors (Lipinski definition) is 3. The van der Waals surface area contributed by atoms with Crippen LogP contribution in [-0.4, -0.2) is 35.6 Å². The van der Waals surface area contributed by atoms with E-state index in [2.05, 4.69) is 10.6 Å². The molecule has 108 valence electrons. The van der Waals surface area contributed by atoms with Crippen molar-refractivity contribution in [2.24, 2.45) is 11.7 Å². The number of carbonyl (C=O) groups is 3. The minimum absolute atomic E-state index is 0.411. The van der Waals surface area contributed by atoms with Crippen LogP contribution in [0.15, 0.2) is 0 Å². The van der Waals surface area contributed by atoms with E-state index in [0.29, 0.717) is 12.5 Å². The van der Waals surface area contributed by atoms with Crippen molar-refractivity contribution in [1.29, 1.82) is 0 Å². The van der Waals surface area contributed by atoms with Crippen LogP contribution in [0.25, 0.3) is 0 Å². The number of primary amides is 1. The first-order valence-electron chi connectivity index (χ1n) is 6.54. The van der Waals surface area contributed by atoms with Crippen molar-refractivity contribution in [3.63, 3.8) is 0 Å². The smallest absolute Gasteiger partial charge is 0.326 e. The number of carbonyl (C=O) groups excluding carboxylic acids is 2. The summed E-state index contributed by atoms with van der Waals surface area (Å²) in [6, 6.07) is -1.85. The fraction of sp³-hybridized carbons (Fsp3) is 0.750. The third kappa shape index (κ3) is 6.08. The number of nitrogens with two attached hydrogens (primary N) is 1. The zero-order valence-corrected chi connectivity index (χ0v) is 10.9. The van der Waals surface area contributed by atoms with Gasteiger partial charge in [0.2, 0.25) is 5.91 Å². The normalized spacial score (nSPS) is 16.8. The van der Waals surface area contributed by atoms with Gasteiger partial charge in [-0.05, 0) is 12.3 Å². The Morgan fingerprint density at radius 1 is 1.26 bits per heavy atom. The molecule has 0 aromatic rings. The molecule has 0 aromatic carbocycles. The molecule has 7 heteroatoms. The zero-order chi connectivity index (χ0) is 14.3. The lowest BCUT2D eigenvalue weighted by Gasteiger charge is -2.14. The van der Waals surface area contributed by atoms with Gasteiger partial charge in [-0.15, -0.1) is 0 Å². The van der Waals surface area contributed by atoms with E-state index in [1.165, 1.54) is 25.7 Å². The highest BCUT2D eigenvalue weighted by atomic mass is 16.4. The lowest BCUT2D eigenvalue weighted by Crippen LogP contribution is -2.47. The van der Waals surface area contributed by atoms with Crippen LogP contribution < -0.4 is 16.4 Å². The quantitative estimate of drug-likeness (QED) is 0.528. The molecule has 1 rings (SSSR count). The SMILES string of the molecule is NC(=O)CC(NC(=O)NCCC1CCCC1)C(=O)O. The third-order valence-electron chi connectivity index (χ3n) is 3.32. The summed E-state index contributed by atoms with van der Waals surface area (Å²) >= 11 is 0. The van der Waals surface area contributed by atoms with Gasteiger partial charge in [-0.25, -0.2) is 9.59 Å². The van der Waals surface area contributed by atoms with Gasteiger partial charge in [0.15, 0.2) is 0 Å². The molecule has 0 bridgehead atoms. The van der Waals surface area contributed by atoms with Crippen LogP contribution in [0, 0.1) is 5.92 Å². The number of amides is 3. The van der Waals surface area contributed by atoms with Gasteiger partial charge in [-0.3, -0.25) is 4.79 Å². The van der Waals surface area contributed by atoms with Crippen molar-refractivity contribution in [1.82, 2.24) is 10.6 Å². The molecule has 0 aromatic heterocycles. The van der Waals surface area contributed by atoms with Crippen molar-refractivity contribution in [2.75, 3.05) is 6.54 Å². The first-order valence-corrected chi connectivity index (χ1v) is 6.54. The Kier molecular flexibility index (Phi) is 6.11. The predicted molar refractivity (Wildman–Crippen MR) is 68.3 cm³/mol. The van der Waals surface area contributed by atoms with Crippen molar-refractivity contribution in [3.8, 4) is 0 Å². The van der Waals surface area contributed by atoms with Gasteiger partial charge >= 0.3 is 12.0 Å². The highest BCUT2D eigenvalue weighted by Crippen LogP contribution is 2.26. The summed E-state index contributed by atoms with van der Waals surface area (Å²) in [5, 5.41) is 13.6. The highest BCUT2D eigenvalue weighted by Gasteiger charge is 2.22. The van der Waals surface area contributed by atoms with Gasteiger partial charge in [-0.1, -0.05) is 25.7 Å².